The van der Waals surface area contributed by atoms with Crippen LogP contribution in [-0.4, -0.2) is 0 Å². The summed E-state index contributed by atoms with van der Waals surface area (Å²) >= 11 is 0. The molecule has 5 heteroatoms. The molecule has 0 unspecified atom stereocenters. The highest BCUT2D eigenvalue weighted by molar-refractivity contribution is 5.82. The van der Waals surface area contributed by atoms with Gasteiger partial charge in [0.25, 0.3) is 0 Å². The number of nitrogens with two attached hydrogens (primary N) is 4. The molecule has 0 heterocycles. The topological polar surface area (TPSA) is 113 Å². The molecule has 2 aromatic carbocycles. The summed E-state index contributed by atoms with van der Waals surface area (Å²) in [5.41, 5.74) is 27.8. The van der Waals surface area contributed by atoms with E-state index in [1.165, 1.54) is 0 Å². The van der Waals surface area contributed by atoms with Gasteiger partial charge in [-0.2, -0.15) is 0 Å². The lowest BCUT2D eigenvalue weighted by Gasteiger charge is -2.15. The lowest BCUT2D eigenvalue weighted by molar-refractivity contribution is 0.487. The van der Waals surface area contributed by atoms with Crippen LogP contribution in [0.25, 0.3) is 12.2 Å². The molecular formula is C18H22N4O. The Labute approximate surface area is 136 Å². The molecule has 120 valence electrons. The zero-order valence-corrected chi connectivity index (χ0v) is 13.3. The minimum atomic E-state index is 0.465. The van der Waals surface area contributed by atoms with Crippen molar-refractivity contribution < 1.29 is 4.74 Å². The van der Waals surface area contributed by atoms with Gasteiger partial charge in [0, 0.05) is 22.5 Å². The van der Waals surface area contributed by atoms with Crippen molar-refractivity contribution in [2.45, 2.75) is 13.8 Å². The number of ether oxygens (including phenoxy) is 1. The van der Waals surface area contributed by atoms with Crippen molar-refractivity contribution in [3.63, 3.8) is 0 Å². The first-order valence-corrected chi connectivity index (χ1v) is 7.28. The average Bonchev–Trinajstić information content (AvgIpc) is 2.53. The highest BCUT2D eigenvalue weighted by atomic mass is 16.5. The van der Waals surface area contributed by atoms with Crippen molar-refractivity contribution in [1.82, 2.24) is 0 Å². The van der Waals surface area contributed by atoms with Gasteiger partial charge in [0.05, 0.1) is 11.4 Å². The van der Waals surface area contributed by atoms with Crippen molar-refractivity contribution in [1.29, 1.82) is 0 Å². The summed E-state index contributed by atoms with van der Waals surface area (Å²) in [6, 6.07) is 6.95. The Bertz CT molecular complexity index is 714. The first-order valence-electron chi connectivity index (χ1n) is 7.28. The van der Waals surface area contributed by atoms with Crippen LogP contribution in [0.15, 0.2) is 36.4 Å². The molecule has 0 aliphatic carbocycles. The number of rotatable bonds is 4. The van der Waals surface area contributed by atoms with E-state index >= 15 is 0 Å². The quantitative estimate of drug-likeness (QED) is 0.640. The van der Waals surface area contributed by atoms with Gasteiger partial charge in [-0.05, 0) is 38.1 Å². The molecule has 0 aliphatic rings. The van der Waals surface area contributed by atoms with Gasteiger partial charge in [0.1, 0.15) is 0 Å². The third kappa shape index (κ3) is 3.23. The summed E-state index contributed by atoms with van der Waals surface area (Å²) < 4.78 is 5.90. The van der Waals surface area contributed by atoms with Crippen molar-refractivity contribution in [3.05, 3.63) is 47.5 Å². The molecule has 0 bridgehead atoms. The Kier molecular flexibility index (Phi) is 4.81. The monoisotopic (exact) mass is 310 g/mol. The second kappa shape index (κ2) is 6.79. The normalized spacial score (nSPS) is 11.4. The standard InChI is InChI=1S/C18H22N4O/c1-3-5-11-13(19)7-9-15(17(11)21)23-16-10-8-14(20)12(6-4-2)18(16)22/h3-10H,19-22H2,1-2H3. The fraction of sp³-hybridized carbons (Fsp3) is 0.111. The Morgan fingerprint density at radius 1 is 0.696 bits per heavy atom. The van der Waals surface area contributed by atoms with E-state index in [0.717, 1.165) is 11.1 Å². The Hall–Kier alpha value is -3.08. The SMILES string of the molecule is CC=Cc1c(N)ccc(Oc2ccc(N)c(C=CC)c2N)c1N. The molecule has 0 saturated carbocycles. The van der Waals surface area contributed by atoms with Gasteiger partial charge in [-0.15, -0.1) is 0 Å². The predicted octanol–water partition coefficient (Wildman–Crippen LogP) is 3.87. The summed E-state index contributed by atoms with van der Waals surface area (Å²) in [5, 5.41) is 0. The van der Waals surface area contributed by atoms with E-state index in [1.54, 1.807) is 24.3 Å². The third-order valence-electron chi connectivity index (χ3n) is 3.45. The van der Waals surface area contributed by atoms with Crippen LogP contribution in [0.1, 0.15) is 25.0 Å². The zero-order chi connectivity index (χ0) is 17.0. The maximum Gasteiger partial charge on any atom is 0.151 e. The minimum Gasteiger partial charge on any atom is -0.453 e. The van der Waals surface area contributed by atoms with E-state index in [9.17, 15) is 0 Å². The predicted molar refractivity (Wildman–Crippen MR) is 100 cm³/mol. The highest BCUT2D eigenvalue weighted by Gasteiger charge is 2.13. The molecule has 2 aromatic rings. The van der Waals surface area contributed by atoms with Crippen molar-refractivity contribution in [2.75, 3.05) is 22.9 Å². The van der Waals surface area contributed by atoms with Crippen molar-refractivity contribution in [2.24, 2.45) is 0 Å². The van der Waals surface area contributed by atoms with Gasteiger partial charge < -0.3 is 27.7 Å². The molecule has 5 nitrogen and oxygen atoms in total. The maximum atomic E-state index is 6.16. The highest BCUT2D eigenvalue weighted by Crippen LogP contribution is 2.38. The minimum absolute atomic E-state index is 0.465. The molecule has 0 radical (unpaired) electrons. The zero-order valence-electron chi connectivity index (χ0n) is 13.3. The maximum absolute atomic E-state index is 6.16. The molecule has 0 saturated heterocycles. The molecule has 0 spiro atoms. The second-order valence-electron chi connectivity index (χ2n) is 5.06. The fourth-order valence-electron chi connectivity index (χ4n) is 2.27. The molecule has 23 heavy (non-hydrogen) atoms. The van der Waals surface area contributed by atoms with Crippen LogP contribution < -0.4 is 27.7 Å². The van der Waals surface area contributed by atoms with Gasteiger partial charge in [-0.25, -0.2) is 0 Å². The summed E-state index contributed by atoms with van der Waals surface area (Å²) in [5.74, 6) is 0.991. The van der Waals surface area contributed by atoms with Gasteiger partial charge in [-0.3, -0.25) is 0 Å². The van der Waals surface area contributed by atoms with E-state index in [-0.39, 0.29) is 0 Å². The molecule has 0 fully saturated rings. The van der Waals surface area contributed by atoms with Crippen LogP contribution in [0.2, 0.25) is 0 Å². The van der Waals surface area contributed by atoms with Crippen molar-refractivity contribution >= 4 is 34.9 Å². The first kappa shape index (κ1) is 16.3. The smallest absolute Gasteiger partial charge is 0.151 e. The number of hydrogen-bond acceptors (Lipinski definition) is 5. The largest absolute Gasteiger partial charge is 0.453 e. The molecule has 0 aliphatic heterocycles. The number of allylic oxidation sites excluding steroid dienone is 2. The summed E-state index contributed by atoms with van der Waals surface area (Å²) in [4.78, 5) is 0. The van der Waals surface area contributed by atoms with Gasteiger partial charge in [0.2, 0.25) is 0 Å². The fourth-order valence-corrected chi connectivity index (χ4v) is 2.27. The molecule has 8 N–H and O–H groups in total. The Morgan fingerprint density at radius 3 is 1.43 bits per heavy atom. The summed E-state index contributed by atoms with van der Waals surface area (Å²) in [7, 11) is 0. The third-order valence-corrected chi connectivity index (χ3v) is 3.45. The van der Waals surface area contributed by atoms with Gasteiger partial charge >= 0.3 is 0 Å². The molecule has 0 atom stereocenters. The van der Waals surface area contributed by atoms with E-state index in [4.69, 9.17) is 27.7 Å². The number of benzene rings is 2. The molecule has 0 aromatic heterocycles. The molecule has 0 amide bonds. The Balaban J connectivity index is 2.48. The second-order valence-corrected chi connectivity index (χ2v) is 5.06. The van der Waals surface area contributed by atoms with E-state index in [0.29, 0.717) is 34.2 Å². The van der Waals surface area contributed by atoms with Crippen LogP contribution >= 0.6 is 0 Å². The number of anilines is 4. The van der Waals surface area contributed by atoms with Crippen LogP contribution in [0.3, 0.4) is 0 Å². The Morgan fingerprint density at radius 2 is 1.09 bits per heavy atom. The van der Waals surface area contributed by atoms with Crippen LogP contribution in [0.5, 0.6) is 11.5 Å². The molecular weight excluding hydrogens is 288 g/mol. The van der Waals surface area contributed by atoms with E-state index in [2.05, 4.69) is 0 Å². The number of nitrogen functional groups attached to an aromatic ring is 4. The van der Waals surface area contributed by atoms with Crippen molar-refractivity contribution in [3.8, 4) is 11.5 Å². The van der Waals surface area contributed by atoms with Crippen LogP contribution in [0.4, 0.5) is 22.7 Å². The summed E-state index contributed by atoms with van der Waals surface area (Å²) in [6.07, 6.45) is 7.42. The van der Waals surface area contributed by atoms with E-state index in [1.807, 2.05) is 38.2 Å². The van der Waals surface area contributed by atoms with Gasteiger partial charge in [0.15, 0.2) is 11.5 Å². The van der Waals surface area contributed by atoms with Gasteiger partial charge in [-0.1, -0.05) is 24.3 Å². The molecule has 2 rings (SSSR count). The van der Waals surface area contributed by atoms with Crippen LogP contribution in [0, 0.1) is 0 Å². The lowest BCUT2D eigenvalue weighted by Crippen LogP contribution is -2.02. The lowest BCUT2D eigenvalue weighted by atomic mass is 10.1. The van der Waals surface area contributed by atoms with E-state index < -0.39 is 0 Å². The first-order chi connectivity index (χ1) is 11.0. The average molecular weight is 310 g/mol. The number of hydrogen-bond donors (Lipinski definition) is 4. The van der Waals surface area contributed by atoms with Crippen LogP contribution in [-0.2, 0) is 0 Å². The summed E-state index contributed by atoms with van der Waals surface area (Å²) in [6.45, 7) is 3.79.